The van der Waals surface area contributed by atoms with Crippen molar-refractivity contribution in [1.29, 1.82) is 0 Å². The summed E-state index contributed by atoms with van der Waals surface area (Å²) in [5, 5.41) is -0.580. The van der Waals surface area contributed by atoms with Crippen LogP contribution in [-0.2, 0) is 0 Å². The van der Waals surface area contributed by atoms with Gasteiger partial charge in [0.05, 0.1) is 5.38 Å². The van der Waals surface area contributed by atoms with Crippen LogP contribution >= 0.6 is 23.2 Å². The first kappa shape index (κ1) is 14.1. The first-order valence-electron chi connectivity index (χ1n) is 6.01. The molecule has 0 saturated heterocycles. The van der Waals surface area contributed by atoms with Gasteiger partial charge in [-0.1, -0.05) is 60.7 Å². The third kappa shape index (κ3) is 2.99. The lowest BCUT2D eigenvalue weighted by Crippen LogP contribution is -2.33. The Balaban J connectivity index is 2.30. The molecular weight excluding hydrogens is 279 g/mol. The molecule has 0 heterocycles. The molecule has 0 spiro atoms. The van der Waals surface area contributed by atoms with Gasteiger partial charge in [0, 0.05) is 5.56 Å². The lowest BCUT2D eigenvalue weighted by Gasteiger charge is -2.26. The van der Waals surface area contributed by atoms with E-state index in [4.69, 9.17) is 23.2 Å². The van der Waals surface area contributed by atoms with Crippen LogP contribution in [0.5, 0.6) is 0 Å². The summed E-state index contributed by atoms with van der Waals surface area (Å²) in [7, 11) is 0. The Morgan fingerprint density at radius 1 is 1.00 bits per heavy atom. The Morgan fingerprint density at radius 2 is 1.47 bits per heavy atom. The second-order valence-electron chi connectivity index (χ2n) is 4.54. The molecule has 2 rings (SSSR count). The third-order valence-electron chi connectivity index (χ3n) is 3.05. The Bertz CT molecular complexity index is 549. The predicted octanol–water partition coefficient (Wildman–Crippen LogP) is 4.85. The van der Waals surface area contributed by atoms with Crippen molar-refractivity contribution in [3.63, 3.8) is 0 Å². The molecule has 0 fully saturated rings. The van der Waals surface area contributed by atoms with E-state index in [-0.39, 0.29) is 5.78 Å². The summed E-state index contributed by atoms with van der Waals surface area (Å²) in [5.74, 6) is -0.168. The Kier molecular flexibility index (Phi) is 4.28. The average molecular weight is 293 g/mol. The average Bonchev–Trinajstić information content (AvgIpc) is 2.47. The fraction of sp³-hybridized carbons (Fsp3) is 0.188. The molecule has 0 aliphatic rings. The molecule has 0 saturated carbocycles. The van der Waals surface area contributed by atoms with Gasteiger partial charge in [-0.25, -0.2) is 0 Å². The molecule has 0 amide bonds. The lowest BCUT2D eigenvalue weighted by molar-refractivity contribution is 0.0944. The molecule has 98 valence electrons. The number of rotatable bonds is 4. The van der Waals surface area contributed by atoms with E-state index in [0.29, 0.717) is 5.56 Å². The van der Waals surface area contributed by atoms with Crippen LogP contribution in [0.1, 0.15) is 28.2 Å². The Morgan fingerprint density at radius 3 is 2.00 bits per heavy atom. The van der Waals surface area contributed by atoms with Crippen molar-refractivity contribution in [2.45, 2.75) is 17.2 Å². The van der Waals surface area contributed by atoms with Gasteiger partial charge in [0.15, 0.2) is 5.78 Å². The van der Waals surface area contributed by atoms with Crippen LogP contribution in [0.4, 0.5) is 0 Å². The smallest absolute Gasteiger partial charge is 0.185 e. The maximum atomic E-state index is 12.5. The zero-order chi connectivity index (χ0) is 13.9. The number of hydrogen-bond acceptors (Lipinski definition) is 1. The molecular formula is C16H14Cl2O. The summed E-state index contributed by atoms with van der Waals surface area (Å²) < 4.78 is 0. The van der Waals surface area contributed by atoms with E-state index in [1.165, 1.54) is 0 Å². The van der Waals surface area contributed by atoms with Crippen LogP contribution in [0.3, 0.4) is 0 Å². The molecule has 0 aromatic heterocycles. The molecule has 2 aromatic carbocycles. The molecule has 0 aliphatic carbocycles. The minimum atomic E-state index is -1.18. The van der Waals surface area contributed by atoms with Crippen molar-refractivity contribution in [3.05, 3.63) is 71.8 Å². The van der Waals surface area contributed by atoms with E-state index in [2.05, 4.69) is 0 Å². The monoisotopic (exact) mass is 292 g/mol. The van der Waals surface area contributed by atoms with Crippen molar-refractivity contribution < 1.29 is 4.79 Å². The highest BCUT2D eigenvalue weighted by molar-refractivity contribution is 6.43. The van der Waals surface area contributed by atoms with E-state index < -0.39 is 10.3 Å². The number of benzene rings is 2. The van der Waals surface area contributed by atoms with Gasteiger partial charge in [-0.3, -0.25) is 4.79 Å². The molecule has 0 N–H and O–H groups in total. The number of alkyl halides is 2. The van der Waals surface area contributed by atoms with Crippen LogP contribution in [-0.4, -0.2) is 10.7 Å². The maximum Gasteiger partial charge on any atom is 0.185 e. The quantitative estimate of drug-likeness (QED) is 0.582. The van der Waals surface area contributed by atoms with Crippen LogP contribution in [0.2, 0.25) is 0 Å². The normalized spacial score (nSPS) is 15.5. The fourth-order valence-electron chi connectivity index (χ4n) is 1.92. The van der Waals surface area contributed by atoms with Gasteiger partial charge in [0.1, 0.15) is 4.87 Å². The Hall–Kier alpha value is -1.31. The van der Waals surface area contributed by atoms with Gasteiger partial charge in [-0.05, 0) is 12.5 Å². The summed E-state index contributed by atoms with van der Waals surface area (Å²) in [6.07, 6.45) is 0. The molecule has 0 aliphatic heterocycles. The van der Waals surface area contributed by atoms with E-state index >= 15 is 0 Å². The van der Waals surface area contributed by atoms with Crippen molar-refractivity contribution in [3.8, 4) is 0 Å². The number of hydrogen-bond donors (Lipinski definition) is 0. The standard InChI is InChI=1S/C16H14Cl2O/c1-16(18,14(17)12-8-4-2-5-9-12)15(19)13-10-6-3-7-11-13/h2-11,14H,1H3. The van der Waals surface area contributed by atoms with Crippen LogP contribution in [0.25, 0.3) is 0 Å². The highest BCUT2D eigenvalue weighted by atomic mass is 35.5. The number of ketones is 1. The van der Waals surface area contributed by atoms with Gasteiger partial charge in [0.2, 0.25) is 0 Å². The second-order valence-corrected chi connectivity index (χ2v) is 5.77. The SMILES string of the molecule is CC(Cl)(C(=O)c1ccccc1)C(Cl)c1ccccc1. The van der Waals surface area contributed by atoms with Crippen LogP contribution < -0.4 is 0 Å². The topological polar surface area (TPSA) is 17.1 Å². The number of halogens is 2. The second kappa shape index (κ2) is 5.77. The number of carbonyl (C=O) groups excluding carboxylic acids is 1. The first-order chi connectivity index (χ1) is 9.03. The maximum absolute atomic E-state index is 12.5. The van der Waals surface area contributed by atoms with E-state index in [1.54, 1.807) is 19.1 Å². The van der Waals surface area contributed by atoms with Crippen LogP contribution in [0, 0.1) is 0 Å². The van der Waals surface area contributed by atoms with Gasteiger partial charge >= 0.3 is 0 Å². The minimum absolute atomic E-state index is 0.168. The zero-order valence-electron chi connectivity index (χ0n) is 10.5. The third-order valence-corrected chi connectivity index (χ3v) is 4.24. The lowest BCUT2D eigenvalue weighted by atomic mass is 9.91. The summed E-state index contributed by atoms with van der Waals surface area (Å²) in [4.78, 5) is 11.3. The summed E-state index contributed by atoms with van der Waals surface area (Å²) in [6.45, 7) is 1.66. The van der Waals surface area contributed by atoms with Gasteiger partial charge in [-0.2, -0.15) is 0 Å². The Labute approximate surface area is 123 Å². The molecule has 2 atom stereocenters. The molecule has 1 nitrogen and oxygen atoms in total. The van der Waals surface area contributed by atoms with Crippen molar-refractivity contribution in [2.24, 2.45) is 0 Å². The van der Waals surface area contributed by atoms with Crippen molar-refractivity contribution in [1.82, 2.24) is 0 Å². The molecule has 0 bridgehead atoms. The molecule has 2 unspecified atom stereocenters. The van der Waals surface area contributed by atoms with Gasteiger partial charge in [-0.15, -0.1) is 23.2 Å². The van der Waals surface area contributed by atoms with Crippen molar-refractivity contribution in [2.75, 3.05) is 0 Å². The molecule has 3 heteroatoms. The number of carbonyl (C=O) groups is 1. The summed E-state index contributed by atoms with van der Waals surface area (Å²) in [6, 6.07) is 18.4. The van der Waals surface area contributed by atoms with Gasteiger partial charge in [0.25, 0.3) is 0 Å². The van der Waals surface area contributed by atoms with E-state index in [0.717, 1.165) is 5.56 Å². The van der Waals surface area contributed by atoms with Crippen LogP contribution in [0.15, 0.2) is 60.7 Å². The highest BCUT2D eigenvalue weighted by Gasteiger charge is 2.39. The van der Waals surface area contributed by atoms with E-state index in [9.17, 15) is 4.79 Å². The highest BCUT2D eigenvalue weighted by Crippen LogP contribution is 2.39. The molecule has 19 heavy (non-hydrogen) atoms. The largest absolute Gasteiger partial charge is 0.292 e. The predicted molar refractivity (Wildman–Crippen MR) is 80.1 cm³/mol. The van der Waals surface area contributed by atoms with E-state index in [1.807, 2.05) is 48.5 Å². The van der Waals surface area contributed by atoms with Crippen molar-refractivity contribution >= 4 is 29.0 Å². The fourth-order valence-corrected chi connectivity index (χ4v) is 2.40. The summed E-state index contributed by atoms with van der Waals surface area (Å²) >= 11 is 12.8. The van der Waals surface area contributed by atoms with Gasteiger partial charge < -0.3 is 0 Å². The first-order valence-corrected chi connectivity index (χ1v) is 6.82. The minimum Gasteiger partial charge on any atom is -0.292 e. The molecule has 2 aromatic rings. The number of Topliss-reactive ketones (excluding diaryl/α,β-unsaturated/α-hetero) is 1. The summed E-state index contributed by atoms with van der Waals surface area (Å²) in [5.41, 5.74) is 1.41. The zero-order valence-corrected chi connectivity index (χ0v) is 12.0. The molecule has 0 radical (unpaired) electrons.